The van der Waals surface area contributed by atoms with E-state index < -0.39 is 0 Å². The first-order valence-corrected chi connectivity index (χ1v) is 7.39. The van der Waals surface area contributed by atoms with Crippen LogP contribution >= 0.6 is 11.8 Å². The second-order valence-corrected chi connectivity index (χ2v) is 6.64. The molecule has 0 fully saturated rings. The Morgan fingerprint density at radius 1 is 1.14 bits per heavy atom. The third kappa shape index (κ3) is 4.03. The van der Waals surface area contributed by atoms with E-state index in [-0.39, 0.29) is 11.4 Å². The zero-order chi connectivity index (χ0) is 15.6. The molecular formula is C12H19N7OS. The topological polar surface area (TPSA) is 107 Å². The van der Waals surface area contributed by atoms with Crippen LogP contribution in [0.3, 0.4) is 0 Å². The van der Waals surface area contributed by atoms with Crippen LogP contribution in [0.25, 0.3) is 0 Å². The molecule has 0 unspecified atom stereocenters. The summed E-state index contributed by atoms with van der Waals surface area (Å²) >= 11 is 1.37. The van der Waals surface area contributed by atoms with Gasteiger partial charge in [0.1, 0.15) is 5.82 Å². The first-order chi connectivity index (χ1) is 9.75. The fourth-order valence-electron chi connectivity index (χ4n) is 1.39. The minimum absolute atomic E-state index is 0.165. The molecule has 2 aromatic rings. The fraction of sp³-hybridized carbons (Fsp3) is 0.583. The number of nitrogen functional groups attached to an aromatic ring is 1. The molecule has 2 aromatic heterocycles. The van der Waals surface area contributed by atoms with Gasteiger partial charge in [0.2, 0.25) is 17.8 Å². The zero-order valence-corrected chi connectivity index (χ0v) is 13.6. The lowest BCUT2D eigenvalue weighted by Gasteiger charge is -2.11. The molecule has 9 heteroatoms. The highest BCUT2D eigenvalue weighted by atomic mass is 32.2. The number of hydrogen-bond donors (Lipinski definition) is 1. The lowest BCUT2D eigenvalue weighted by Crippen LogP contribution is -2.15. The van der Waals surface area contributed by atoms with Crippen molar-refractivity contribution in [3.63, 3.8) is 0 Å². The van der Waals surface area contributed by atoms with Crippen molar-refractivity contribution in [2.24, 2.45) is 0 Å². The van der Waals surface area contributed by atoms with Crippen molar-refractivity contribution < 1.29 is 4.42 Å². The van der Waals surface area contributed by atoms with Crippen molar-refractivity contribution in [2.75, 3.05) is 24.7 Å². The summed E-state index contributed by atoms with van der Waals surface area (Å²) in [5.74, 6) is 2.39. The lowest BCUT2D eigenvalue weighted by molar-refractivity contribution is 0.347. The van der Waals surface area contributed by atoms with Gasteiger partial charge in [0, 0.05) is 19.5 Å². The monoisotopic (exact) mass is 309 g/mol. The van der Waals surface area contributed by atoms with Crippen LogP contribution in [0.2, 0.25) is 0 Å². The van der Waals surface area contributed by atoms with Crippen LogP contribution in [0.15, 0.2) is 9.64 Å². The molecule has 0 aliphatic heterocycles. The maximum absolute atomic E-state index is 5.68. The van der Waals surface area contributed by atoms with Gasteiger partial charge in [0.15, 0.2) is 0 Å². The Morgan fingerprint density at radius 2 is 1.86 bits per heavy atom. The first-order valence-electron chi connectivity index (χ1n) is 6.40. The van der Waals surface area contributed by atoms with E-state index in [1.807, 2.05) is 34.9 Å². The Hall–Kier alpha value is -1.90. The quantitative estimate of drug-likeness (QED) is 0.840. The zero-order valence-electron chi connectivity index (χ0n) is 12.8. The van der Waals surface area contributed by atoms with Crippen LogP contribution in [0.1, 0.15) is 32.5 Å². The Morgan fingerprint density at radius 3 is 2.43 bits per heavy atom. The van der Waals surface area contributed by atoms with Crippen LogP contribution in [0.4, 0.5) is 11.9 Å². The van der Waals surface area contributed by atoms with E-state index in [4.69, 9.17) is 10.2 Å². The highest BCUT2D eigenvalue weighted by molar-refractivity contribution is 7.98. The fourth-order valence-corrected chi connectivity index (χ4v) is 2.01. The largest absolute Gasteiger partial charge is 0.415 e. The maximum atomic E-state index is 5.68. The van der Waals surface area contributed by atoms with Crippen LogP contribution in [0, 0.1) is 0 Å². The van der Waals surface area contributed by atoms with Crippen molar-refractivity contribution in [3.8, 4) is 0 Å². The normalized spacial score (nSPS) is 11.7. The second kappa shape index (κ2) is 5.84. The van der Waals surface area contributed by atoms with Crippen molar-refractivity contribution in [1.82, 2.24) is 25.1 Å². The predicted octanol–water partition coefficient (Wildman–Crippen LogP) is 1.49. The third-order valence-electron chi connectivity index (χ3n) is 2.46. The lowest BCUT2D eigenvalue weighted by atomic mass is 9.97. The summed E-state index contributed by atoms with van der Waals surface area (Å²) < 4.78 is 5.61. The van der Waals surface area contributed by atoms with Crippen molar-refractivity contribution in [1.29, 1.82) is 0 Å². The van der Waals surface area contributed by atoms with Crippen molar-refractivity contribution >= 4 is 23.7 Å². The molecule has 0 amide bonds. The molecule has 0 bridgehead atoms. The van der Waals surface area contributed by atoms with E-state index in [1.165, 1.54) is 11.8 Å². The summed E-state index contributed by atoms with van der Waals surface area (Å²) in [6, 6.07) is 0. The molecule has 0 atom stereocenters. The molecule has 0 saturated heterocycles. The Bertz CT molecular complexity index is 620. The number of hydrogen-bond acceptors (Lipinski definition) is 9. The molecular weight excluding hydrogens is 290 g/mol. The third-order valence-corrected chi connectivity index (χ3v) is 3.27. The van der Waals surface area contributed by atoms with Gasteiger partial charge >= 0.3 is 0 Å². The number of rotatable bonds is 4. The van der Waals surface area contributed by atoms with Gasteiger partial charge in [0.05, 0.1) is 5.75 Å². The molecule has 0 aromatic carbocycles. The van der Waals surface area contributed by atoms with Gasteiger partial charge in [-0.1, -0.05) is 32.5 Å². The second-order valence-electron chi connectivity index (χ2n) is 5.72. The van der Waals surface area contributed by atoms with Gasteiger partial charge in [-0.3, -0.25) is 0 Å². The van der Waals surface area contributed by atoms with Gasteiger partial charge in [-0.2, -0.15) is 15.0 Å². The van der Waals surface area contributed by atoms with E-state index in [2.05, 4.69) is 25.1 Å². The van der Waals surface area contributed by atoms with Crippen molar-refractivity contribution in [3.05, 3.63) is 11.7 Å². The molecule has 2 N–H and O–H groups in total. The van der Waals surface area contributed by atoms with Crippen LogP contribution < -0.4 is 10.6 Å². The molecule has 0 aliphatic carbocycles. The molecule has 0 spiro atoms. The van der Waals surface area contributed by atoms with Crippen LogP contribution in [-0.2, 0) is 11.2 Å². The van der Waals surface area contributed by atoms with Crippen LogP contribution in [0.5, 0.6) is 0 Å². The molecule has 21 heavy (non-hydrogen) atoms. The van der Waals surface area contributed by atoms with Gasteiger partial charge in [-0.05, 0) is 0 Å². The van der Waals surface area contributed by atoms with Gasteiger partial charge in [0.25, 0.3) is 5.22 Å². The number of thioether (sulfide) groups is 1. The number of nitrogens with two attached hydrogens (primary N) is 1. The predicted molar refractivity (Wildman–Crippen MR) is 81.1 cm³/mol. The van der Waals surface area contributed by atoms with Gasteiger partial charge in [-0.15, -0.1) is 10.2 Å². The summed E-state index contributed by atoms with van der Waals surface area (Å²) in [6.45, 7) is 6.06. The summed E-state index contributed by atoms with van der Waals surface area (Å²) in [5, 5.41) is 8.54. The molecule has 0 radical (unpaired) electrons. The van der Waals surface area contributed by atoms with E-state index >= 15 is 0 Å². The average molecular weight is 309 g/mol. The SMILES string of the molecule is CN(C)c1nc(N)nc(CSc2nnc(C(C)(C)C)o2)n1. The number of nitrogens with zero attached hydrogens (tertiary/aromatic N) is 6. The summed E-state index contributed by atoms with van der Waals surface area (Å²) in [6.07, 6.45) is 0. The highest BCUT2D eigenvalue weighted by Crippen LogP contribution is 2.26. The maximum Gasteiger partial charge on any atom is 0.277 e. The van der Waals surface area contributed by atoms with Gasteiger partial charge < -0.3 is 15.1 Å². The number of aromatic nitrogens is 5. The first kappa shape index (κ1) is 15.5. The molecule has 8 nitrogen and oxygen atoms in total. The highest BCUT2D eigenvalue weighted by Gasteiger charge is 2.21. The molecule has 2 rings (SSSR count). The van der Waals surface area contributed by atoms with Crippen LogP contribution in [-0.4, -0.2) is 39.2 Å². The number of anilines is 2. The molecule has 0 aliphatic rings. The van der Waals surface area contributed by atoms with E-state index in [1.54, 1.807) is 4.90 Å². The molecule has 114 valence electrons. The Kier molecular flexibility index (Phi) is 4.31. The van der Waals surface area contributed by atoms with E-state index in [0.29, 0.717) is 28.6 Å². The summed E-state index contributed by atoms with van der Waals surface area (Å²) in [7, 11) is 3.69. The summed E-state index contributed by atoms with van der Waals surface area (Å²) in [5.41, 5.74) is 5.51. The van der Waals surface area contributed by atoms with E-state index in [9.17, 15) is 0 Å². The minimum Gasteiger partial charge on any atom is -0.415 e. The van der Waals surface area contributed by atoms with Gasteiger partial charge in [-0.25, -0.2) is 0 Å². The smallest absolute Gasteiger partial charge is 0.277 e. The Balaban J connectivity index is 2.08. The molecule has 0 saturated carbocycles. The van der Waals surface area contributed by atoms with Crippen molar-refractivity contribution in [2.45, 2.75) is 37.2 Å². The standard InChI is InChI=1S/C12H19N7OS/c1-12(2,3)8-17-18-11(20-8)21-6-7-14-9(13)16-10(15-7)19(4)5/h6H2,1-5H3,(H2,13,14,15,16). The average Bonchev–Trinajstić information content (AvgIpc) is 2.84. The minimum atomic E-state index is -0.165. The van der Waals surface area contributed by atoms with E-state index in [0.717, 1.165) is 0 Å². The Labute approximate surface area is 127 Å². The summed E-state index contributed by atoms with van der Waals surface area (Å²) in [4.78, 5) is 14.2. The molecule has 2 heterocycles.